The van der Waals surface area contributed by atoms with Crippen molar-refractivity contribution in [2.75, 3.05) is 25.0 Å². The third kappa shape index (κ3) is 6.21. The fourth-order valence-corrected chi connectivity index (χ4v) is 3.93. The summed E-state index contributed by atoms with van der Waals surface area (Å²) in [7, 11) is 0. The predicted molar refractivity (Wildman–Crippen MR) is 121 cm³/mol. The molecule has 2 heterocycles. The number of aromatic nitrogens is 2. The monoisotopic (exact) mass is 426 g/mol. The van der Waals surface area contributed by atoms with Gasteiger partial charge in [-0.3, -0.25) is 0 Å². The summed E-state index contributed by atoms with van der Waals surface area (Å²) < 4.78 is 11.6. The summed E-state index contributed by atoms with van der Waals surface area (Å²) in [5, 5.41) is 3.45. The summed E-state index contributed by atoms with van der Waals surface area (Å²) in [4.78, 5) is 23.6. The molecule has 0 unspecified atom stereocenters. The van der Waals surface area contributed by atoms with E-state index in [0.717, 1.165) is 55.6 Å². The lowest BCUT2D eigenvalue weighted by atomic mass is 9.94. The highest BCUT2D eigenvalue weighted by molar-refractivity contribution is 5.77. The zero-order chi connectivity index (χ0) is 21.8. The molecule has 2 fully saturated rings. The maximum atomic E-state index is 12.4. The summed E-state index contributed by atoms with van der Waals surface area (Å²) in [5.41, 5.74) is 1.27. The molecule has 0 bridgehead atoms. The number of hydrogen-bond acceptors (Lipinski definition) is 6. The molecule has 31 heavy (non-hydrogen) atoms. The molecule has 1 amide bonds. The van der Waals surface area contributed by atoms with Crippen molar-refractivity contribution in [2.45, 2.75) is 70.9 Å². The SMILES string of the molecule is CC(C)(C)OC(=O)N1CCC[C@@H](CCCOc2nc3ccccc3nc2NC2CC2)C1. The zero-order valence-corrected chi connectivity index (χ0v) is 18.9. The molecule has 7 nitrogen and oxygen atoms in total. The van der Waals surface area contributed by atoms with E-state index in [0.29, 0.717) is 24.4 Å². The number of rotatable bonds is 7. The van der Waals surface area contributed by atoms with Crippen LogP contribution in [0, 0.1) is 5.92 Å². The number of nitrogens with one attached hydrogen (secondary N) is 1. The number of piperidine rings is 1. The average Bonchev–Trinajstić information content (AvgIpc) is 3.54. The molecule has 1 saturated heterocycles. The van der Waals surface area contributed by atoms with Gasteiger partial charge in [0.05, 0.1) is 17.6 Å². The van der Waals surface area contributed by atoms with Crippen LogP contribution in [0.1, 0.15) is 59.3 Å². The number of ether oxygens (including phenoxy) is 2. The van der Waals surface area contributed by atoms with Crippen LogP contribution in [-0.4, -0.2) is 52.3 Å². The standard InChI is InChI=1S/C24H34N4O3/c1-24(2,3)31-23(29)28-14-6-8-17(16-28)9-7-15-30-22-21(25-18-12-13-18)26-19-10-4-5-11-20(19)27-22/h4-5,10-11,17-18H,6-9,12-16H2,1-3H3,(H,25,26)/t17-/m0/s1. The minimum absolute atomic E-state index is 0.198. The number of para-hydroxylation sites is 2. The Balaban J connectivity index is 1.29. The number of benzene rings is 1. The number of amides is 1. The van der Waals surface area contributed by atoms with E-state index >= 15 is 0 Å². The van der Waals surface area contributed by atoms with Gasteiger partial charge >= 0.3 is 6.09 Å². The Kier molecular flexibility index (Phi) is 6.49. The lowest BCUT2D eigenvalue weighted by Gasteiger charge is -2.34. The van der Waals surface area contributed by atoms with E-state index < -0.39 is 5.60 Å². The van der Waals surface area contributed by atoms with Gasteiger partial charge in [0.25, 0.3) is 5.88 Å². The molecule has 1 aromatic carbocycles. The van der Waals surface area contributed by atoms with Crippen LogP contribution in [0.15, 0.2) is 24.3 Å². The number of carbonyl (C=O) groups excluding carboxylic acids is 1. The van der Waals surface area contributed by atoms with Gasteiger partial charge in [-0.1, -0.05) is 12.1 Å². The average molecular weight is 427 g/mol. The molecule has 0 radical (unpaired) electrons. The lowest BCUT2D eigenvalue weighted by molar-refractivity contribution is 0.0159. The number of likely N-dealkylation sites (tertiary alicyclic amines) is 1. The van der Waals surface area contributed by atoms with Crippen LogP contribution < -0.4 is 10.1 Å². The molecule has 168 valence electrons. The highest BCUT2D eigenvalue weighted by atomic mass is 16.6. The first-order valence-electron chi connectivity index (χ1n) is 11.5. The zero-order valence-electron chi connectivity index (χ0n) is 18.9. The number of fused-ring (bicyclic) bond motifs is 1. The summed E-state index contributed by atoms with van der Waals surface area (Å²) in [6.45, 7) is 7.86. The van der Waals surface area contributed by atoms with Crippen molar-refractivity contribution in [1.29, 1.82) is 0 Å². The predicted octanol–water partition coefficient (Wildman–Crippen LogP) is 5.01. The molecule has 2 aromatic rings. The smallest absolute Gasteiger partial charge is 0.410 e. The summed E-state index contributed by atoms with van der Waals surface area (Å²) >= 11 is 0. The highest BCUT2D eigenvalue weighted by Gasteiger charge is 2.27. The Morgan fingerprint density at radius 1 is 1.16 bits per heavy atom. The highest BCUT2D eigenvalue weighted by Crippen LogP contribution is 2.30. The molecule has 0 spiro atoms. The Morgan fingerprint density at radius 3 is 2.61 bits per heavy atom. The molecule has 7 heteroatoms. The Hall–Kier alpha value is -2.57. The van der Waals surface area contributed by atoms with Crippen molar-refractivity contribution in [3.05, 3.63) is 24.3 Å². The van der Waals surface area contributed by atoms with Crippen molar-refractivity contribution in [2.24, 2.45) is 5.92 Å². The second-order valence-electron chi connectivity index (χ2n) is 9.71. The maximum absolute atomic E-state index is 12.4. The summed E-state index contributed by atoms with van der Waals surface area (Å²) in [5.74, 6) is 1.82. The van der Waals surface area contributed by atoms with Gasteiger partial charge in [0.1, 0.15) is 5.60 Å². The molecule has 2 aliphatic rings. The molecule has 4 rings (SSSR count). The summed E-state index contributed by atoms with van der Waals surface area (Å²) in [6, 6.07) is 8.36. The largest absolute Gasteiger partial charge is 0.475 e. The van der Waals surface area contributed by atoms with Crippen molar-refractivity contribution >= 4 is 22.9 Å². The van der Waals surface area contributed by atoms with Gasteiger partial charge in [0.2, 0.25) is 0 Å². The quantitative estimate of drug-likeness (QED) is 0.627. The van der Waals surface area contributed by atoms with E-state index in [4.69, 9.17) is 19.4 Å². The van der Waals surface area contributed by atoms with Crippen LogP contribution in [-0.2, 0) is 4.74 Å². The van der Waals surface area contributed by atoms with Crippen molar-refractivity contribution in [3.63, 3.8) is 0 Å². The molecule has 1 saturated carbocycles. The van der Waals surface area contributed by atoms with E-state index in [-0.39, 0.29) is 6.09 Å². The van der Waals surface area contributed by atoms with Gasteiger partial charge in [-0.15, -0.1) is 0 Å². The van der Waals surface area contributed by atoms with Crippen LogP contribution in [0.5, 0.6) is 5.88 Å². The van der Waals surface area contributed by atoms with Crippen LogP contribution in [0.2, 0.25) is 0 Å². The van der Waals surface area contributed by atoms with E-state index in [2.05, 4.69) is 5.32 Å². The molecule has 1 aliphatic heterocycles. The normalized spacial score (nSPS) is 19.3. The molecular weight excluding hydrogens is 392 g/mol. The van der Waals surface area contributed by atoms with Gasteiger partial charge in [0, 0.05) is 19.1 Å². The van der Waals surface area contributed by atoms with Crippen molar-refractivity contribution in [3.8, 4) is 5.88 Å². The lowest BCUT2D eigenvalue weighted by Crippen LogP contribution is -2.42. The van der Waals surface area contributed by atoms with Gasteiger partial charge < -0.3 is 19.7 Å². The number of carbonyl (C=O) groups is 1. The van der Waals surface area contributed by atoms with E-state index in [1.807, 2.05) is 49.9 Å². The fraction of sp³-hybridized carbons (Fsp3) is 0.625. The van der Waals surface area contributed by atoms with Gasteiger partial charge in [-0.25, -0.2) is 14.8 Å². The fourth-order valence-electron chi connectivity index (χ4n) is 3.93. The van der Waals surface area contributed by atoms with Crippen LogP contribution in [0.25, 0.3) is 11.0 Å². The molecule has 1 atom stereocenters. The van der Waals surface area contributed by atoms with Crippen LogP contribution >= 0.6 is 0 Å². The molecule has 1 N–H and O–H groups in total. The van der Waals surface area contributed by atoms with Gasteiger partial charge in [-0.05, 0) is 77.3 Å². The topological polar surface area (TPSA) is 76.6 Å². The minimum atomic E-state index is -0.453. The minimum Gasteiger partial charge on any atom is -0.475 e. The second-order valence-corrected chi connectivity index (χ2v) is 9.71. The molecular formula is C24H34N4O3. The first-order valence-corrected chi connectivity index (χ1v) is 11.5. The number of anilines is 1. The van der Waals surface area contributed by atoms with E-state index in [9.17, 15) is 4.79 Å². The molecule has 1 aromatic heterocycles. The molecule has 1 aliphatic carbocycles. The van der Waals surface area contributed by atoms with Crippen molar-refractivity contribution < 1.29 is 14.3 Å². The number of nitrogens with zero attached hydrogens (tertiary/aromatic N) is 3. The maximum Gasteiger partial charge on any atom is 0.410 e. The second kappa shape index (κ2) is 9.28. The first kappa shape index (κ1) is 21.7. The Labute approximate surface area is 184 Å². The Bertz CT molecular complexity index is 907. The van der Waals surface area contributed by atoms with Crippen LogP contribution in [0.3, 0.4) is 0 Å². The van der Waals surface area contributed by atoms with Crippen LogP contribution in [0.4, 0.5) is 10.6 Å². The van der Waals surface area contributed by atoms with Gasteiger partial charge in [0.15, 0.2) is 5.82 Å². The third-order valence-corrected chi connectivity index (χ3v) is 5.62. The number of hydrogen-bond donors (Lipinski definition) is 1. The van der Waals surface area contributed by atoms with E-state index in [1.165, 1.54) is 12.8 Å². The van der Waals surface area contributed by atoms with E-state index in [1.54, 1.807) is 0 Å². The van der Waals surface area contributed by atoms with Crippen molar-refractivity contribution in [1.82, 2.24) is 14.9 Å². The third-order valence-electron chi connectivity index (χ3n) is 5.62. The summed E-state index contributed by atoms with van der Waals surface area (Å²) in [6.07, 6.45) is 6.25. The van der Waals surface area contributed by atoms with Gasteiger partial charge in [-0.2, -0.15) is 0 Å². The first-order chi connectivity index (χ1) is 14.9. The Morgan fingerprint density at radius 2 is 1.90 bits per heavy atom.